The highest BCUT2D eigenvalue weighted by atomic mass is 16.5. The fraction of sp³-hybridized carbons (Fsp3) is 0.227. The first-order valence-corrected chi connectivity index (χ1v) is 8.62. The fourth-order valence-corrected chi connectivity index (χ4v) is 2.89. The number of pyridine rings is 1. The minimum atomic E-state index is -0.415. The monoisotopic (exact) mass is 391 g/mol. The highest BCUT2D eigenvalue weighted by Gasteiger charge is 2.26. The second-order valence-electron chi connectivity index (χ2n) is 6.21. The van der Waals surface area contributed by atoms with Crippen LogP contribution in [-0.4, -0.2) is 33.0 Å². The van der Waals surface area contributed by atoms with Crippen molar-refractivity contribution in [1.29, 1.82) is 5.26 Å². The molecule has 0 aliphatic heterocycles. The molecule has 0 fully saturated rings. The number of carbonyl (C=O) groups excluding carboxylic acids is 1. The molecule has 0 bridgehead atoms. The maximum absolute atomic E-state index is 13.4. The Morgan fingerprint density at radius 3 is 2.00 bits per heavy atom. The van der Waals surface area contributed by atoms with E-state index in [2.05, 4.69) is 0 Å². The summed E-state index contributed by atoms with van der Waals surface area (Å²) in [6.07, 6.45) is 4.77. The number of allylic oxidation sites excluding steroid dienone is 3. The van der Waals surface area contributed by atoms with Crippen LogP contribution in [0.3, 0.4) is 0 Å². The van der Waals surface area contributed by atoms with E-state index in [1.54, 1.807) is 28.9 Å². The SMILES string of the molecule is COc1cc(C(=O)/C(=C/C(=C=[N-])C#N)[n+]2cc(C)cc(C)c2)cc(OC)c1OC. The van der Waals surface area contributed by atoms with Crippen LogP contribution >= 0.6 is 0 Å². The average Bonchev–Trinajstić information content (AvgIpc) is 2.72. The van der Waals surface area contributed by atoms with Crippen molar-refractivity contribution in [3.63, 3.8) is 0 Å². The van der Waals surface area contributed by atoms with Crippen LogP contribution in [-0.2, 0) is 0 Å². The molecule has 0 unspecified atom stereocenters. The molecule has 1 aromatic carbocycles. The molecule has 0 saturated heterocycles. The number of rotatable bonds is 7. The molecule has 7 nitrogen and oxygen atoms in total. The predicted octanol–water partition coefficient (Wildman–Crippen LogP) is 3.03. The highest BCUT2D eigenvalue weighted by Crippen LogP contribution is 2.38. The molecule has 0 aliphatic rings. The number of nitrogens with zero attached hydrogens (tertiary/aromatic N) is 3. The molecule has 0 amide bonds. The van der Waals surface area contributed by atoms with Gasteiger partial charge in [0, 0.05) is 22.8 Å². The van der Waals surface area contributed by atoms with Gasteiger partial charge in [-0.2, -0.15) is 9.83 Å². The number of Topliss-reactive ketones (excluding diaryl/α,β-unsaturated/α-hetero) is 1. The van der Waals surface area contributed by atoms with Crippen LogP contribution in [0.1, 0.15) is 21.5 Å². The van der Waals surface area contributed by atoms with Crippen LogP contribution < -0.4 is 18.8 Å². The summed E-state index contributed by atoms with van der Waals surface area (Å²) in [4.78, 5) is 13.4. The van der Waals surface area contributed by atoms with Gasteiger partial charge in [0.05, 0.1) is 26.9 Å². The van der Waals surface area contributed by atoms with E-state index in [4.69, 9.17) is 14.2 Å². The van der Waals surface area contributed by atoms with Gasteiger partial charge in [0.15, 0.2) is 23.9 Å². The zero-order valence-electron chi connectivity index (χ0n) is 16.9. The van der Waals surface area contributed by atoms with E-state index in [9.17, 15) is 15.5 Å². The van der Waals surface area contributed by atoms with Crippen molar-refractivity contribution >= 4 is 17.4 Å². The van der Waals surface area contributed by atoms with Crippen LogP contribution in [0.5, 0.6) is 17.2 Å². The van der Waals surface area contributed by atoms with Crippen LogP contribution in [0.4, 0.5) is 0 Å². The van der Waals surface area contributed by atoms with Crippen molar-refractivity contribution in [2.45, 2.75) is 13.8 Å². The average molecular weight is 391 g/mol. The minimum absolute atomic E-state index is 0.143. The van der Waals surface area contributed by atoms with E-state index in [0.29, 0.717) is 17.2 Å². The van der Waals surface area contributed by atoms with Gasteiger partial charge in [0.2, 0.25) is 5.75 Å². The molecule has 1 aromatic heterocycles. The lowest BCUT2D eigenvalue weighted by atomic mass is 10.0. The summed E-state index contributed by atoms with van der Waals surface area (Å²) in [5.74, 6) is 2.39. The number of methoxy groups -OCH3 is 3. The lowest BCUT2D eigenvalue weighted by Crippen LogP contribution is -2.36. The molecular formula is C22H21N3O4. The van der Waals surface area contributed by atoms with Gasteiger partial charge in [-0.05, 0) is 32.0 Å². The molecule has 29 heavy (non-hydrogen) atoms. The Kier molecular flexibility index (Phi) is 6.91. The molecular weight excluding hydrogens is 370 g/mol. The second-order valence-corrected chi connectivity index (χ2v) is 6.21. The van der Waals surface area contributed by atoms with E-state index in [1.165, 1.54) is 39.5 Å². The van der Waals surface area contributed by atoms with Gasteiger partial charge in [-0.15, -0.1) is 0 Å². The van der Waals surface area contributed by atoms with Gasteiger partial charge in [0.25, 0.3) is 11.5 Å². The lowest BCUT2D eigenvalue weighted by molar-refractivity contribution is -0.577. The summed E-state index contributed by atoms with van der Waals surface area (Å²) in [6.45, 7) is 3.79. The zero-order chi connectivity index (χ0) is 21.6. The predicted molar refractivity (Wildman–Crippen MR) is 108 cm³/mol. The van der Waals surface area contributed by atoms with Crippen molar-refractivity contribution in [2.75, 3.05) is 21.3 Å². The van der Waals surface area contributed by atoms with Gasteiger partial charge >= 0.3 is 0 Å². The standard InChI is InChI=1S/C22H21N3O4/c1-14-6-15(2)13-25(12-14)18(7-16(10-23)11-24)21(26)17-8-19(27-3)22(29-5)20(9-17)28-4/h6-9,12-13H,1-5H3/b18-7-. The molecule has 0 atom stereocenters. The van der Waals surface area contributed by atoms with Crippen LogP contribution in [0.2, 0.25) is 0 Å². The van der Waals surface area contributed by atoms with E-state index in [0.717, 1.165) is 11.1 Å². The van der Waals surface area contributed by atoms with Crippen molar-refractivity contribution in [2.24, 2.45) is 0 Å². The zero-order valence-corrected chi connectivity index (χ0v) is 16.9. The summed E-state index contributed by atoms with van der Waals surface area (Å²) in [7, 11) is 4.38. The lowest BCUT2D eigenvalue weighted by Gasteiger charge is -2.13. The summed E-state index contributed by atoms with van der Waals surface area (Å²) >= 11 is 0. The molecule has 0 radical (unpaired) electrons. The van der Waals surface area contributed by atoms with E-state index in [1.807, 2.05) is 19.9 Å². The maximum Gasteiger partial charge on any atom is 0.260 e. The van der Waals surface area contributed by atoms with Gasteiger partial charge in [-0.1, -0.05) is 0 Å². The fourth-order valence-electron chi connectivity index (χ4n) is 2.89. The van der Waals surface area contributed by atoms with Crippen molar-refractivity contribution in [1.82, 2.24) is 0 Å². The molecule has 2 rings (SSSR count). The highest BCUT2D eigenvalue weighted by molar-refractivity contribution is 6.22. The minimum Gasteiger partial charge on any atom is -0.762 e. The third-order valence-electron chi connectivity index (χ3n) is 4.10. The molecule has 0 spiro atoms. The first-order chi connectivity index (χ1) is 13.9. The largest absolute Gasteiger partial charge is 0.762 e. The quantitative estimate of drug-likeness (QED) is 0.181. The second kappa shape index (κ2) is 9.36. The van der Waals surface area contributed by atoms with Crippen molar-refractivity contribution in [3.05, 3.63) is 64.3 Å². The number of hydrogen-bond donors (Lipinski definition) is 0. The van der Waals surface area contributed by atoms with Crippen LogP contribution in [0, 0.1) is 25.2 Å². The molecule has 7 heteroatoms. The smallest absolute Gasteiger partial charge is 0.260 e. The van der Waals surface area contributed by atoms with Crippen molar-refractivity contribution in [3.8, 4) is 23.3 Å². The Bertz CT molecular complexity index is 1030. The molecule has 2 aromatic rings. The first-order valence-electron chi connectivity index (χ1n) is 8.62. The summed E-state index contributed by atoms with van der Waals surface area (Å²) in [5.41, 5.74) is 2.05. The summed E-state index contributed by atoms with van der Waals surface area (Å²) in [6, 6.07) is 6.80. The molecule has 0 N–H and O–H groups in total. The number of benzene rings is 1. The van der Waals surface area contributed by atoms with Crippen LogP contribution in [0.25, 0.3) is 11.1 Å². The van der Waals surface area contributed by atoms with Gasteiger partial charge < -0.3 is 19.6 Å². The topological polar surface area (TPSA) is 94.7 Å². The molecule has 0 aliphatic carbocycles. The van der Waals surface area contributed by atoms with Crippen LogP contribution in [0.15, 0.2) is 42.2 Å². The van der Waals surface area contributed by atoms with E-state index in [-0.39, 0.29) is 16.8 Å². The van der Waals surface area contributed by atoms with Gasteiger partial charge in [0.1, 0.15) is 6.07 Å². The van der Waals surface area contributed by atoms with Crippen molar-refractivity contribution < 1.29 is 23.6 Å². The number of ketones is 1. The first kappa shape index (κ1) is 21.4. The maximum atomic E-state index is 13.4. The molecule has 148 valence electrons. The normalized spacial score (nSPS) is 10.6. The Morgan fingerprint density at radius 1 is 1.03 bits per heavy atom. The van der Waals surface area contributed by atoms with E-state index < -0.39 is 5.78 Å². The number of carbonyl (C=O) groups is 1. The number of aromatic nitrogens is 1. The third kappa shape index (κ3) is 4.70. The third-order valence-corrected chi connectivity index (χ3v) is 4.10. The van der Waals surface area contributed by atoms with Gasteiger partial charge in [-0.25, -0.2) is 0 Å². The van der Waals surface area contributed by atoms with Gasteiger partial charge in [-0.3, -0.25) is 10.7 Å². The Labute approximate surface area is 169 Å². The Balaban J connectivity index is 2.74. The molecule has 0 saturated carbocycles. The number of hydrogen-bond acceptors (Lipinski definition) is 5. The summed E-state index contributed by atoms with van der Waals surface area (Å²) < 4.78 is 17.5. The number of aryl methyl sites for hydroxylation is 2. The summed E-state index contributed by atoms with van der Waals surface area (Å²) in [5, 5.41) is 18.4. The Hall–Kier alpha value is -3.88. The number of nitriles is 1. The number of ether oxygens (including phenoxy) is 3. The van der Waals surface area contributed by atoms with E-state index >= 15 is 0 Å². The Morgan fingerprint density at radius 2 is 1.59 bits per heavy atom. The molecule has 1 heterocycles.